The van der Waals surface area contributed by atoms with Crippen molar-refractivity contribution in [2.24, 2.45) is 5.92 Å². The summed E-state index contributed by atoms with van der Waals surface area (Å²) in [6, 6.07) is 15.5. The highest BCUT2D eigenvalue weighted by Crippen LogP contribution is 2.30. The summed E-state index contributed by atoms with van der Waals surface area (Å²) in [6.07, 6.45) is 5.46. The van der Waals surface area contributed by atoms with Gasteiger partial charge in [-0.25, -0.2) is 0 Å². The van der Waals surface area contributed by atoms with Crippen LogP contribution in [0, 0.1) is 5.92 Å². The van der Waals surface area contributed by atoms with Gasteiger partial charge in [0, 0.05) is 6.20 Å². The van der Waals surface area contributed by atoms with Gasteiger partial charge in [0.05, 0.1) is 11.6 Å². The van der Waals surface area contributed by atoms with Crippen LogP contribution in [-0.2, 0) is 9.53 Å². The Morgan fingerprint density at radius 3 is 2.43 bits per heavy atom. The van der Waals surface area contributed by atoms with Crippen molar-refractivity contribution in [2.45, 2.75) is 31.8 Å². The van der Waals surface area contributed by atoms with Gasteiger partial charge in [-0.3, -0.25) is 9.78 Å². The lowest BCUT2D eigenvalue weighted by Gasteiger charge is -2.20. The van der Waals surface area contributed by atoms with E-state index < -0.39 is 6.10 Å². The molecule has 1 heterocycles. The van der Waals surface area contributed by atoms with E-state index in [1.165, 1.54) is 0 Å². The maximum absolute atomic E-state index is 12.4. The molecule has 3 rings (SSSR count). The molecular weight excluding hydrogens is 262 g/mol. The molecule has 1 saturated carbocycles. The van der Waals surface area contributed by atoms with Crippen LogP contribution in [0.3, 0.4) is 0 Å². The minimum Gasteiger partial charge on any atom is -0.451 e. The van der Waals surface area contributed by atoms with Gasteiger partial charge < -0.3 is 4.74 Å². The zero-order valence-corrected chi connectivity index (χ0v) is 11.9. The maximum Gasteiger partial charge on any atom is 0.309 e. The van der Waals surface area contributed by atoms with E-state index in [0.717, 1.165) is 36.9 Å². The highest BCUT2D eigenvalue weighted by molar-refractivity contribution is 5.73. The summed E-state index contributed by atoms with van der Waals surface area (Å²) >= 11 is 0. The molecule has 3 nitrogen and oxygen atoms in total. The van der Waals surface area contributed by atoms with E-state index in [9.17, 15) is 4.79 Å². The first kappa shape index (κ1) is 13.8. The first-order chi connectivity index (χ1) is 10.3. The Hall–Kier alpha value is -2.16. The van der Waals surface area contributed by atoms with Gasteiger partial charge in [0.25, 0.3) is 0 Å². The topological polar surface area (TPSA) is 39.2 Å². The third kappa shape index (κ3) is 3.30. The van der Waals surface area contributed by atoms with Gasteiger partial charge in [0.1, 0.15) is 0 Å². The number of aromatic nitrogens is 1. The molecule has 1 aliphatic rings. The number of benzene rings is 1. The summed E-state index contributed by atoms with van der Waals surface area (Å²) in [5, 5.41) is 0. The number of ether oxygens (including phenoxy) is 1. The molecular formula is C18H19NO2. The van der Waals surface area contributed by atoms with Crippen molar-refractivity contribution in [1.82, 2.24) is 4.98 Å². The zero-order chi connectivity index (χ0) is 14.5. The fraction of sp³-hybridized carbons (Fsp3) is 0.333. The standard InChI is InChI=1S/C18H19NO2/c20-18(15-10-4-5-11-15)21-17(14-8-2-1-3-9-14)16-12-6-7-13-19-16/h1-3,6-9,12-13,15,17H,4-5,10-11H2. The molecule has 1 aromatic heterocycles. The van der Waals surface area contributed by atoms with Crippen molar-refractivity contribution in [2.75, 3.05) is 0 Å². The average Bonchev–Trinajstić information content (AvgIpc) is 3.09. The predicted octanol–water partition coefficient (Wildman–Crippen LogP) is 3.90. The Kier molecular flexibility index (Phi) is 4.29. The van der Waals surface area contributed by atoms with Crippen molar-refractivity contribution in [3.63, 3.8) is 0 Å². The van der Waals surface area contributed by atoms with Gasteiger partial charge >= 0.3 is 5.97 Å². The Bertz CT molecular complexity index is 537. The molecule has 3 heteroatoms. The fourth-order valence-corrected chi connectivity index (χ4v) is 2.83. The molecule has 0 bridgehead atoms. The Morgan fingerprint density at radius 1 is 1.05 bits per heavy atom. The zero-order valence-electron chi connectivity index (χ0n) is 11.9. The van der Waals surface area contributed by atoms with E-state index in [1.54, 1.807) is 6.20 Å². The van der Waals surface area contributed by atoms with Crippen LogP contribution in [0.1, 0.15) is 43.0 Å². The van der Waals surface area contributed by atoms with Crippen molar-refractivity contribution >= 4 is 5.97 Å². The molecule has 0 spiro atoms. The van der Waals surface area contributed by atoms with Crippen LogP contribution in [0.15, 0.2) is 54.7 Å². The molecule has 0 amide bonds. The van der Waals surface area contributed by atoms with Gasteiger partial charge in [0.15, 0.2) is 6.10 Å². The molecule has 1 atom stereocenters. The van der Waals surface area contributed by atoms with Crippen LogP contribution in [0.4, 0.5) is 0 Å². The SMILES string of the molecule is O=C(OC(c1ccccc1)c1ccccn1)C1CCCC1. The lowest BCUT2D eigenvalue weighted by molar-refractivity contribution is -0.152. The molecule has 1 aromatic carbocycles. The lowest BCUT2D eigenvalue weighted by Crippen LogP contribution is -2.19. The van der Waals surface area contributed by atoms with Crippen LogP contribution in [0.5, 0.6) is 0 Å². The fourth-order valence-electron chi connectivity index (χ4n) is 2.83. The second-order valence-corrected chi connectivity index (χ2v) is 5.46. The number of hydrogen-bond donors (Lipinski definition) is 0. The summed E-state index contributed by atoms with van der Waals surface area (Å²) in [5.41, 5.74) is 1.73. The quantitative estimate of drug-likeness (QED) is 0.798. The van der Waals surface area contributed by atoms with Gasteiger partial charge in [-0.15, -0.1) is 0 Å². The minimum absolute atomic E-state index is 0.0555. The van der Waals surface area contributed by atoms with E-state index in [4.69, 9.17) is 4.74 Å². The Balaban J connectivity index is 1.84. The minimum atomic E-state index is -0.416. The lowest BCUT2D eigenvalue weighted by atomic mass is 10.0. The molecule has 0 saturated heterocycles. The highest BCUT2D eigenvalue weighted by atomic mass is 16.5. The first-order valence-electron chi connectivity index (χ1n) is 7.51. The van der Waals surface area contributed by atoms with E-state index in [2.05, 4.69) is 4.98 Å². The van der Waals surface area contributed by atoms with Crippen LogP contribution in [-0.4, -0.2) is 11.0 Å². The number of pyridine rings is 1. The summed E-state index contributed by atoms with van der Waals surface area (Å²) in [5.74, 6) is -0.0352. The number of hydrogen-bond acceptors (Lipinski definition) is 3. The number of rotatable bonds is 4. The van der Waals surface area contributed by atoms with E-state index in [0.29, 0.717) is 0 Å². The Labute approximate surface area is 125 Å². The van der Waals surface area contributed by atoms with E-state index >= 15 is 0 Å². The van der Waals surface area contributed by atoms with Gasteiger partial charge in [-0.1, -0.05) is 49.2 Å². The van der Waals surface area contributed by atoms with Crippen LogP contribution in [0.25, 0.3) is 0 Å². The third-order valence-electron chi connectivity index (χ3n) is 3.98. The summed E-state index contributed by atoms with van der Waals surface area (Å²) < 4.78 is 5.81. The predicted molar refractivity (Wildman–Crippen MR) is 80.6 cm³/mol. The summed E-state index contributed by atoms with van der Waals surface area (Å²) in [7, 11) is 0. The van der Waals surface area contributed by atoms with Crippen molar-refractivity contribution in [3.05, 3.63) is 66.0 Å². The second-order valence-electron chi connectivity index (χ2n) is 5.46. The number of nitrogens with zero attached hydrogens (tertiary/aromatic N) is 1. The normalized spacial score (nSPS) is 16.6. The number of esters is 1. The molecule has 0 N–H and O–H groups in total. The summed E-state index contributed by atoms with van der Waals surface area (Å²) in [6.45, 7) is 0. The van der Waals surface area contributed by atoms with Gasteiger partial charge in [-0.05, 0) is 30.5 Å². The summed E-state index contributed by atoms with van der Waals surface area (Å²) in [4.78, 5) is 16.7. The van der Waals surface area contributed by atoms with Gasteiger partial charge in [0.2, 0.25) is 0 Å². The molecule has 108 valence electrons. The monoisotopic (exact) mass is 281 g/mol. The first-order valence-corrected chi connectivity index (χ1v) is 7.51. The Morgan fingerprint density at radius 2 is 1.76 bits per heavy atom. The van der Waals surface area contributed by atoms with E-state index in [-0.39, 0.29) is 11.9 Å². The van der Waals surface area contributed by atoms with Gasteiger partial charge in [-0.2, -0.15) is 0 Å². The molecule has 21 heavy (non-hydrogen) atoms. The molecule has 2 aromatic rings. The molecule has 0 aliphatic heterocycles. The molecule has 0 radical (unpaired) electrons. The van der Waals surface area contributed by atoms with Crippen LogP contribution in [0.2, 0.25) is 0 Å². The molecule has 1 fully saturated rings. The third-order valence-corrected chi connectivity index (χ3v) is 3.98. The van der Waals surface area contributed by atoms with Crippen LogP contribution >= 0.6 is 0 Å². The maximum atomic E-state index is 12.4. The van der Waals surface area contributed by atoms with Crippen molar-refractivity contribution < 1.29 is 9.53 Å². The largest absolute Gasteiger partial charge is 0.451 e. The second kappa shape index (κ2) is 6.53. The highest BCUT2D eigenvalue weighted by Gasteiger charge is 2.28. The molecule has 1 aliphatic carbocycles. The number of carbonyl (C=O) groups excluding carboxylic acids is 1. The number of carbonyl (C=O) groups is 1. The average molecular weight is 281 g/mol. The molecule has 1 unspecified atom stereocenters. The van der Waals surface area contributed by atoms with Crippen LogP contribution < -0.4 is 0 Å². The van der Waals surface area contributed by atoms with Crippen molar-refractivity contribution in [3.8, 4) is 0 Å². The van der Waals surface area contributed by atoms with Crippen molar-refractivity contribution in [1.29, 1.82) is 0 Å². The smallest absolute Gasteiger partial charge is 0.309 e. The van der Waals surface area contributed by atoms with E-state index in [1.807, 2.05) is 48.5 Å².